The van der Waals surface area contributed by atoms with E-state index < -0.39 is 5.82 Å². The molecule has 0 bridgehead atoms. The van der Waals surface area contributed by atoms with Gasteiger partial charge in [-0.05, 0) is 30.7 Å². The third-order valence-electron chi connectivity index (χ3n) is 3.79. The quantitative estimate of drug-likeness (QED) is 0.937. The Kier molecular flexibility index (Phi) is 3.74. The average Bonchev–Trinajstić information content (AvgIpc) is 2.97. The number of hydrogen-bond donors (Lipinski definition) is 1. The van der Waals surface area contributed by atoms with Gasteiger partial charge >= 0.3 is 0 Å². The van der Waals surface area contributed by atoms with Gasteiger partial charge in [0.05, 0.1) is 5.69 Å². The van der Waals surface area contributed by atoms with Crippen LogP contribution in [-0.4, -0.2) is 19.1 Å². The van der Waals surface area contributed by atoms with Crippen LogP contribution in [0.5, 0.6) is 0 Å². The number of nitrogens with one attached hydrogen (secondary N) is 1. The molecule has 3 rings (SSSR count). The summed E-state index contributed by atoms with van der Waals surface area (Å²) in [7, 11) is 0. The van der Waals surface area contributed by atoms with Gasteiger partial charge < -0.3 is 10.2 Å². The fourth-order valence-corrected chi connectivity index (χ4v) is 2.73. The molecule has 106 valence electrons. The fraction of sp³-hybridized carbons (Fsp3) is 0.235. The van der Waals surface area contributed by atoms with E-state index in [0.717, 1.165) is 19.5 Å². The molecular weight excluding hydrogens is 265 g/mol. The Morgan fingerprint density at radius 3 is 2.71 bits per heavy atom. The van der Waals surface area contributed by atoms with E-state index in [9.17, 15) is 4.39 Å². The van der Waals surface area contributed by atoms with Crippen LogP contribution in [0, 0.1) is 17.1 Å². The van der Waals surface area contributed by atoms with Gasteiger partial charge in [0, 0.05) is 24.8 Å². The molecule has 0 radical (unpaired) electrons. The second-order valence-corrected chi connectivity index (χ2v) is 5.19. The molecule has 0 saturated carbocycles. The van der Waals surface area contributed by atoms with E-state index in [1.165, 1.54) is 11.8 Å². The first kappa shape index (κ1) is 13.4. The van der Waals surface area contributed by atoms with E-state index in [1.807, 2.05) is 24.3 Å². The molecule has 1 fully saturated rings. The zero-order chi connectivity index (χ0) is 14.7. The van der Waals surface area contributed by atoms with E-state index in [1.54, 1.807) is 12.1 Å². The van der Waals surface area contributed by atoms with Gasteiger partial charge in [-0.1, -0.05) is 24.3 Å². The second-order valence-electron chi connectivity index (χ2n) is 5.19. The third kappa shape index (κ3) is 2.82. The molecule has 1 aliphatic rings. The highest BCUT2D eigenvalue weighted by Gasteiger charge is 2.23. The van der Waals surface area contributed by atoms with Crippen molar-refractivity contribution in [2.75, 3.05) is 23.3 Å². The molecule has 1 unspecified atom stereocenters. The summed E-state index contributed by atoms with van der Waals surface area (Å²) in [6.45, 7) is 1.81. The van der Waals surface area contributed by atoms with Crippen LogP contribution in [0.15, 0.2) is 48.5 Å². The van der Waals surface area contributed by atoms with Crippen molar-refractivity contribution in [3.63, 3.8) is 0 Å². The van der Waals surface area contributed by atoms with Crippen molar-refractivity contribution >= 4 is 11.4 Å². The molecule has 1 N–H and O–H groups in total. The minimum atomic E-state index is -0.472. The van der Waals surface area contributed by atoms with E-state index in [4.69, 9.17) is 5.26 Å². The Bertz CT molecular complexity index is 663. The van der Waals surface area contributed by atoms with Gasteiger partial charge in [0.1, 0.15) is 17.4 Å². The van der Waals surface area contributed by atoms with E-state index in [-0.39, 0.29) is 11.6 Å². The predicted molar refractivity (Wildman–Crippen MR) is 81.8 cm³/mol. The standard InChI is InChI=1S/C17H16FN3/c18-16-7-4-8-17(15(16)11-19)20-13-9-10-21(12-13)14-5-2-1-3-6-14/h1-8,13,20H,9-10,12H2. The number of nitrogens with zero attached hydrogens (tertiary/aromatic N) is 2. The van der Waals surface area contributed by atoms with Crippen molar-refractivity contribution in [1.29, 1.82) is 5.26 Å². The molecule has 0 amide bonds. The van der Waals surface area contributed by atoms with Crippen molar-refractivity contribution < 1.29 is 4.39 Å². The van der Waals surface area contributed by atoms with Crippen LogP contribution in [0.25, 0.3) is 0 Å². The summed E-state index contributed by atoms with van der Waals surface area (Å²) in [5.74, 6) is -0.472. The van der Waals surface area contributed by atoms with Crippen molar-refractivity contribution in [3.05, 3.63) is 59.9 Å². The molecule has 1 aliphatic heterocycles. The van der Waals surface area contributed by atoms with Crippen LogP contribution < -0.4 is 10.2 Å². The highest BCUT2D eigenvalue weighted by atomic mass is 19.1. The summed E-state index contributed by atoms with van der Waals surface area (Å²) in [5.41, 5.74) is 1.87. The lowest BCUT2D eigenvalue weighted by Crippen LogP contribution is -2.26. The van der Waals surface area contributed by atoms with Gasteiger partial charge in [-0.2, -0.15) is 5.26 Å². The number of hydrogen-bond acceptors (Lipinski definition) is 3. The first-order chi connectivity index (χ1) is 10.3. The van der Waals surface area contributed by atoms with Crippen molar-refractivity contribution in [2.45, 2.75) is 12.5 Å². The van der Waals surface area contributed by atoms with Crippen LogP contribution in [-0.2, 0) is 0 Å². The van der Waals surface area contributed by atoms with Crippen LogP contribution in [0.1, 0.15) is 12.0 Å². The summed E-state index contributed by atoms with van der Waals surface area (Å²) in [4.78, 5) is 2.29. The maximum Gasteiger partial charge on any atom is 0.143 e. The molecular formula is C17H16FN3. The maximum atomic E-state index is 13.6. The summed E-state index contributed by atoms with van der Waals surface area (Å²) in [5, 5.41) is 12.4. The maximum absolute atomic E-state index is 13.6. The molecule has 1 saturated heterocycles. The minimum absolute atomic E-state index is 0.0932. The average molecular weight is 281 g/mol. The SMILES string of the molecule is N#Cc1c(F)cccc1NC1CCN(c2ccccc2)C1. The molecule has 3 nitrogen and oxygen atoms in total. The number of nitriles is 1. The van der Waals surface area contributed by atoms with Gasteiger partial charge in [0.15, 0.2) is 0 Å². The zero-order valence-electron chi connectivity index (χ0n) is 11.6. The molecule has 2 aromatic carbocycles. The van der Waals surface area contributed by atoms with E-state index in [0.29, 0.717) is 5.69 Å². The first-order valence-electron chi connectivity index (χ1n) is 7.03. The largest absolute Gasteiger partial charge is 0.379 e. The van der Waals surface area contributed by atoms with E-state index >= 15 is 0 Å². The Labute approximate surface area is 123 Å². The number of para-hydroxylation sites is 1. The summed E-state index contributed by atoms with van der Waals surface area (Å²) < 4.78 is 13.6. The fourth-order valence-electron chi connectivity index (χ4n) is 2.73. The molecule has 2 aromatic rings. The van der Waals surface area contributed by atoms with Gasteiger partial charge in [-0.3, -0.25) is 0 Å². The first-order valence-corrected chi connectivity index (χ1v) is 7.03. The Morgan fingerprint density at radius 1 is 1.14 bits per heavy atom. The number of halogens is 1. The second kappa shape index (κ2) is 5.84. The monoisotopic (exact) mass is 281 g/mol. The molecule has 0 aliphatic carbocycles. The van der Waals surface area contributed by atoms with Crippen molar-refractivity contribution in [2.24, 2.45) is 0 Å². The lowest BCUT2D eigenvalue weighted by molar-refractivity contribution is 0.624. The van der Waals surface area contributed by atoms with Crippen LogP contribution in [0.4, 0.5) is 15.8 Å². The van der Waals surface area contributed by atoms with Crippen LogP contribution >= 0.6 is 0 Å². The molecule has 1 atom stereocenters. The molecule has 4 heteroatoms. The molecule has 0 aromatic heterocycles. The molecule has 21 heavy (non-hydrogen) atoms. The van der Waals surface area contributed by atoms with Gasteiger partial charge in [0.2, 0.25) is 0 Å². The van der Waals surface area contributed by atoms with Gasteiger partial charge in [0.25, 0.3) is 0 Å². The number of rotatable bonds is 3. The lowest BCUT2D eigenvalue weighted by Gasteiger charge is -2.19. The zero-order valence-corrected chi connectivity index (χ0v) is 11.6. The number of anilines is 2. The van der Waals surface area contributed by atoms with Crippen LogP contribution in [0.2, 0.25) is 0 Å². The summed E-state index contributed by atoms with van der Waals surface area (Å²) in [6, 6.07) is 17.1. The van der Waals surface area contributed by atoms with Crippen molar-refractivity contribution in [3.8, 4) is 6.07 Å². The van der Waals surface area contributed by atoms with Gasteiger partial charge in [-0.15, -0.1) is 0 Å². The Hall–Kier alpha value is -2.54. The molecule has 1 heterocycles. The Balaban J connectivity index is 1.71. The summed E-state index contributed by atoms with van der Waals surface area (Å²) in [6.07, 6.45) is 0.969. The lowest BCUT2D eigenvalue weighted by atomic mass is 10.1. The predicted octanol–water partition coefficient (Wildman–Crippen LogP) is 3.39. The smallest absolute Gasteiger partial charge is 0.143 e. The van der Waals surface area contributed by atoms with Crippen LogP contribution in [0.3, 0.4) is 0 Å². The van der Waals surface area contributed by atoms with Crippen molar-refractivity contribution in [1.82, 2.24) is 0 Å². The minimum Gasteiger partial charge on any atom is -0.379 e. The third-order valence-corrected chi connectivity index (χ3v) is 3.79. The summed E-state index contributed by atoms with van der Waals surface area (Å²) >= 11 is 0. The number of benzene rings is 2. The highest BCUT2D eigenvalue weighted by molar-refractivity contribution is 5.59. The Morgan fingerprint density at radius 2 is 1.95 bits per heavy atom. The topological polar surface area (TPSA) is 39.1 Å². The van der Waals surface area contributed by atoms with E-state index in [2.05, 4.69) is 22.3 Å². The molecule has 0 spiro atoms. The highest BCUT2D eigenvalue weighted by Crippen LogP contribution is 2.24. The van der Waals surface area contributed by atoms with Gasteiger partial charge in [-0.25, -0.2) is 4.39 Å². The normalized spacial score (nSPS) is 17.5.